The predicted molar refractivity (Wildman–Crippen MR) is 110 cm³/mol. The number of aromatic amines is 1. The number of carbonyl (C=O) groups is 1. The van der Waals surface area contributed by atoms with Crippen molar-refractivity contribution in [1.29, 1.82) is 0 Å². The predicted octanol–water partition coefficient (Wildman–Crippen LogP) is 2.94. The summed E-state index contributed by atoms with van der Waals surface area (Å²) in [6.07, 6.45) is 0. The Hall–Kier alpha value is -3.45. The highest BCUT2D eigenvalue weighted by atomic mass is 35.5. The molecule has 0 aliphatic rings. The van der Waals surface area contributed by atoms with Crippen LogP contribution in [0.25, 0.3) is 21.7 Å². The van der Waals surface area contributed by atoms with Gasteiger partial charge < -0.3 is 4.74 Å². The molecule has 0 spiro atoms. The first-order valence-electron chi connectivity index (χ1n) is 8.85. The second kappa shape index (κ2) is 7.52. The molecule has 0 aliphatic carbocycles. The Morgan fingerprint density at radius 1 is 1.14 bits per heavy atom. The van der Waals surface area contributed by atoms with E-state index in [1.165, 1.54) is 6.07 Å². The summed E-state index contributed by atoms with van der Waals surface area (Å²) in [7, 11) is 0. The number of fused-ring (bicyclic) bond motifs is 2. The number of nitrogens with zero attached hydrogens (tertiary/aromatic N) is 2. The van der Waals surface area contributed by atoms with E-state index >= 15 is 0 Å². The Morgan fingerprint density at radius 2 is 1.90 bits per heavy atom. The van der Waals surface area contributed by atoms with Crippen LogP contribution in [-0.2, 0) is 22.7 Å². The molecular formula is C21H16ClN3O4. The highest BCUT2D eigenvalue weighted by Crippen LogP contribution is 2.22. The minimum absolute atomic E-state index is 0.0962. The molecule has 0 fully saturated rings. The number of ether oxygens (including phenoxy) is 1. The van der Waals surface area contributed by atoms with Crippen LogP contribution in [0.4, 0.5) is 0 Å². The molecule has 0 saturated heterocycles. The van der Waals surface area contributed by atoms with Crippen molar-refractivity contribution in [3.8, 4) is 0 Å². The van der Waals surface area contributed by atoms with E-state index < -0.39 is 23.6 Å². The van der Waals surface area contributed by atoms with Crippen molar-refractivity contribution < 1.29 is 9.53 Å². The maximum absolute atomic E-state index is 12.5. The molecule has 4 aromatic rings. The number of hydrogen-bond donors (Lipinski definition) is 1. The van der Waals surface area contributed by atoms with Crippen LogP contribution in [0.1, 0.15) is 11.1 Å². The van der Waals surface area contributed by atoms with E-state index in [4.69, 9.17) is 16.3 Å². The monoisotopic (exact) mass is 409 g/mol. The van der Waals surface area contributed by atoms with Crippen molar-refractivity contribution in [3.05, 3.63) is 85.5 Å². The van der Waals surface area contributed by atoms with Crippen LogP contribution in [-0.4, -0.2) is 20.7 Å². The second-order valence-corrected chi connectivity index (χ2v) is 7.03. The van der Waals surface area contributed by atoms with Crippen LogP contribution >= 0.6 is 11.6 Å². The van der Waals surface area contributed by atoms with Crippen LogP contribution in [0, 0.1) is 6.92 Å². The van der Waals surface area contributed by atoms with Gasteiger partial charge >= 0.3 is 5.97 Å². The van der Waals surface area contributed by atoms with Gasteiger partial charge in [0.1, 0.15) is 18.3 Å². The van der Waals surface area contributed by atoms with Crippen molar-refractivity contribution in [1.82, 2.24) is 14.8 Å². The zero-order chi connectivity index (χ0) is 20.5. The Bertz CT molecular complexity index is 1370. The van der Waals surface area contributed by atoms with Gasteiger partial charge in [0.05, 0.1) is 16.3 Å². The van der Waals surface area contributed by atoms with Crippen LogP contribution < -0.4 is 11.1 Å². The molecule has 0 unspecified atom stereocenters. The third-order valence-electron chi connectivity index (χ3n) is 4.56. The van der Waals surface area contributed by atoms with E-state index in [9.17, 15) is 14.4 Å². The summed E-state index contributed by atoms with van der Waals surface area (Å²) in [6, 6.07) is 14.0. The Morgan fingerprint density at radius 3 is 2.69 bits per heavy atom. The zero-order valence-corrected chi connectivity index (χ0v) is 16.2. The molecule has 2 aromatic heterocycles. The fraction of sp³-hybridized carbons (Fsp3) is 0.143. The van der Waals surface area contributed by atoms with E-state index in [0.29, 0.717) is 5.56 Å². The summed E-state index contributed by atoms with van der Waals surface area (Å²) in [5.74, 6) is -0.682. The fourth-order valence-electron chi connectivity index (χ4n) is 3.09. The Kier molecular flexibility index (Phi) is 4.90. The van der Waals surface area contributed by atoms with Crippen LogP contribution in [0.3, 0.4) is 0 Å². The largest absolute Gasteiger partial charge is 0.459 e. The van der Waals surface area contributed by atoms with Gasteiger partial charge in [-0.05, 0) is 36.8 Å². The molecule has 0 atom stereocenters. The first kappa shape index (κ1) is 18.9. The molecular weight excluding hydrogens is 394 g/mol. The third-order valence-corrected chi connectivity index (χ3v) is 4.89. The molecule has 0 bridgehead atoms. The fourth-order valence-corrected chi connectivity index (χ4v) is 3.29. The molecule has 0 aliphatic heterocycles. The average molecular weight is 410 g/mol. The van der Waals surface area contributed by atoms with Gasteiger partial charge in [0, 0.05) is 10.9 Å². The number of H-pyrrole nitrogens is 1. The lowest BCUT2D eigenvalue weighted by Crippen LogP contribution is -2.32. The molecule has 0 saturated carbocycles. The van der Waals surface area contributed by atoms with Crippen molar-refractivity contribution in [2.75, 3.05) is 0 Å². The van der Waals surface area contributed by atoms with Gasteiger partial charge in [-0.2, -0.15) is 0 Å². The number of carbonyl (C=O) groups excluding carboxylic acids is 1. The number of aryl methyl sites for hydroxylation is 1. The molecule has 29 heavy (non-hydrogen) atoms. The van der Waals surface area contributed by atoms with E-state index in [2.05, 4.69) is 10.1 Å². The summed E-state index contributed by atoms with van der Waals surface area (Å²) in [6.45, 7) is 1.45. The van der Waals surface area contributed by atoms with Crippen molar-refractivity contribution >= 4 is 39.2 Å². The maximum atomic E-state index is 12.5. The van der Waals surface area contributed by atoms with E-state index in [1.807, 2.05) is 25.1 Å². The quantitative estimate of drug-likeness (QED) is 0.413. The number of rotatable bonds is 4. The highest BCUT2D eigenvalue weighted by molar-refractivity contribution is 6.30. The van der Waals surface area contributed by atoms with Gasteiger partial charge in [0.25, 0.3) is 11.1 Å². The molecule has 0 radical (unpaired) electrons. The van der Waals surface area contributed by atoms with Gasteiger partial charge in [-0.25, -0.2) is 9.67 Å². The zero-order valence-electron chi connectivity index (χ0n) is 15.4. The van der Waals surface area contributed by atoms with Crippen LogP contribution in [0.15, 0.2) is 58.1 Å². The lowest BCUT2D eigenvalue weighted by atomic mass is 10.1. The normalized spacial score (nSPS) is 11.1. The van der Waals surface area contributed by atoms with Crippen molar-refractivity contribution in [2.24, 2.45) is 0 Å². The molecule has 8 heteroatoms. The van der Waals surface area contributed by atoms with E-state index in [0.717, 1.165) is 21.1 Å². The van der Waals surface area contributed by atoms with Crippen LogP contribution in [0.5, 0.6) is 0 Å². The van der Waals surface area contributed by atoms with Crippen molar-refractivity contribution in [3.63, 3.8) is 0 Å². The van der Waals surface area contributed by atoms with Gasteiger partial charge in [-0.15, -0.1) is 0 Å². The van der Waals surface area contributed by atoms with Gasteiger partial charge in [-0.1, -0.05) is 35.9 Å². The highest BCUT2D eigenvalue weighted by Gasteiger charge is 2.13. The summed E-state index contributed by atoms with van der Waals surface area (Å²) < 4.78 is 6.19. The molecule has 0 amide bonds. The second-order valence-electron chi connectivity index (χ2n) is 6.67. The number of nitrogens with one attached hydrogen (secondary N) is 1. The SMILES string of the molecule is Cc1ccc2cc(COC(=O)Cn3[nH]c(=O)c4ccccc4c3=O)c(Cl)nc2c1. The van der Waals surface area contributed by atoms with E-state index in [-0.39, 0.29) is 22.5 Å². The first-order chi connectivity index (χ1) is 13.9. The molecule has 2 heterocycles. The van der Waals surface area contributed by atoms with Gasteiger partial charge in [0.2, 0.25) is 0 Å². The first-order valence-corrected chi connectivity index (χ1v) is 9.23. The smallest absolute Gasteiger partial charge is 0.328 e. The Labute approximate surface area is 169 Å². The van der Waals surface area contributed by atoms with Gasteiger partial charge in [0.15, 0.2) is 0 Å². The number of benzene rings is 2. The summed E-state index contributed by atoms with van der Waals surface area (Å²) in [5.41, 5.74) is 1.44. The number of aromatic nitrogens is 3. The van der Waals surface area contributed by atoms with Gasteiger partial charge in [-0.3, -0.25) is 19.5 Å². The third kappa shape index (κ3) is 3.77. The number of pyridine rings is 1. The lowest BCUT2D eigenvalue weighted by Gasteiger charge is -2.10. The molecule has 1 N–H and O–H groups in total. The Balaban J connectivity index is 1.53. The summed E-state index contributed by atoms with van der Waals surface area (Å²) in [4.78, 5) is 41.2. The number of hydrogen-bond acceptors (Lipinski definition) is 5. The molecule has 7 nitrogen and oxygen atoms in total. The average Bonchev–Trinajstić information content (AvgIpc) is 2.70. The minimum Gasteiger partial charge on any atom is -0.459 e. The topological polar surface area (TPSA) is 94.0 Å². The number of esters is 1. The van der Waals surface area contributed by atoms with E-state index in [1.54, 1.807) is 24.3 Å². The molecule has 4 rings (SSSR count). The molecule has 2 aromatic carbocycles. The summed E-state index contributed by atoms with van der Waals surface area (Å²) >= 11 is 6.21. The standard InChI is InChI=1S/C21H16ClN3O4/c1-12-6-7-13-9-14(19(22)23-17(13)8-12)11-29-18(26)10-25-21(28)16-5-3-2-4-15(16)20(27)24-25/h2-9H,10-11H2,1H3,(H,24,27). The minimum atomic E-state index is -0.682. The maximum Gasteiger partial charge on any atom is 0.328 e. The number of halogens is 1. The molecule has 146 valence electrons. The van der Waals surface area contributed by atoms with Crippen molar-refractivity contribution in [2.45, 2.75) is 20.1 Å². The van der Waals surface area contributed by atoms with Crippen LogP contribution in [0.2, 0.25) is 5.15 Å². The lowest BCUT2D eigenvalue weighted by molar-refractivity contribution is -0.146. The summed E-state index contributed by atoms with van der Waals surface area (Å²) in [5, 5.41) is 4.02.